The Bertz CT molecular complexity index is 670. The number of benzene rings is 1. The minimum atomic E-state index is -0.144. The summed E-state index contributed by atoms with van der Waals surface area (Å²) >= 11 is 1.41. The first-order valence-corrected chi connectivity index (χ1v) is 8.44. The molecule has 5 nitrogen and oxygen atoms in total. The molecule has 0 spiro atoms. The summed E-state index contributed by atoms with van der Waals surface area (Å²) in [6, 6.07) is 5.89. The minimum absolute atomic E-state index is 0.140. The third-order valence-corrected chi connectivity index (χ3v) is 4.27. The van der Waals surface area contributed by atoms with Gasteiger partial charge in [-0.1, -0.05) is 13.0 Å². The average molecular weight is 334 g/mol. The monoisotopic (exact) mass is 334 g/mol. The van der Waals surface area contributed by atoms with Crippen molar-refractivity contribution in [2.24, 2.45) is 0 Å². The highest BCUT2D eigenvalue weighted by Crippen LogP contribution is 2.28. The van der Waals surface area contributed by atoms with Crippen LogP contribution in [0.5, 0.6) is 11.5 Å². The number of methoxy groups -OCH3 is 1. The zero-order valence-corrected chi connectivity index (χ0v) is 14.7. The SMILES string of the molecule is CC[C@H](C)NC(=O)c1csc(COc2ccc(C)cc2OC)n1. The third-order valence-electron chi connectivity index (χ3n) is 3.44. The maximum absolute atomic E-state index is 12.0. The Morgan fingerprint density at radius 2 is 2.17 bits per heavy atom. The molecule has 0 saturated carbocycles. The zero-order chi connectivity index (χ0) is 16.8. The largest absolute Gasteiger partial charge is 0.493 e. The highest BCUT2D eigenvalue weighted by molar-refractivity contribution is 7.09. The topological polar surface area (TPSA) is 60.5 Å². The number of thiazole rings is 1. The van der Waals surface area contributed by atoms with Gasteiger partial charge in [0.2, 0.25) is 0 Å². The normalized spacial score (nSPS) is 11.8. The van der Waals surface area contributed by atoms with Crippen molar-refractivity contribution in [2.75, 3.05) is 7.11 Å². The Morgan fingerprint density at radius 1 is 1.39 bits per heavy atom. The van der Waals surface area contributed by atoms with E-state index in [9.17, 15) is 4.79 Å². The smallest absolute Gasteiger partial charge is 0.270 e. The number of rotatable bonds is 7. The molecule has 1 aromatic heterocycles. The van der Waals surface area contributed by atoms with E-state index in [1.807, 2.05) is 39.0 Å². The average Bonchev–Trinajstić information content (AvgIpc) is 3.02. The number of amides is 1. The van der Waals surface area contributed by atoms with Gasteiger partial charge >= 0.3 is 0 Å². The van der Waals surface area contributed by atoms with Crippen molar-refractivity contribution in [1.82, 2.24) is 10.3 Å². The molecule has 1 N–H and O–H groups in total. The molecule has 0 bridgehead atoms. The van der Waals surface area contributed by atoms with Crippen molar-refractivity contribution in [2.45, 2.75) is 39.8 Å². The van der Waals surface area contributed by atoms with E-state index in [0.717, 1.165) is 17.0 Å². The molecule has 0 saturated heterocycles. The Hall–Kier alpha value is -2.08. The van der Waals surface area contributed by atoms with Crippen molar-refractivity contribution in [1.29, 1.82) is 0 Å². The number of nitrogens with zero attached hydrogens (tertiary/aromatic N) is 1. The van der Waals surface area contributed by atoms with Gasteiger partial charge in [0.15, 0.2) is 11.5 Å². The number of nitrogens with one attached hydrogen (secondary N) is 1. The van der Waals surface area contributed by atoms with Crippen LogP contribution in [0.15, 0.2) is 23.6 Å². The van der Waals surface area contributed by atoms with Crippen LogP contribution in [0.4, 0.5) is 0 Å². The molecule has 0 aliphatic carbocycles. The number of aryl methyl sites for hydroxylation is 1. The number of ether oxygens (including phenoxy) is 2. The summed E-state index contributed by atoms with van der Waals surface area (Å²) in [7, 11) is 1.61. The molecule has 0 aliphatic heterocycles. The lowest BCUT2D eigenvalue weighted by atomic mass is 10.2. The van der Waals surface area contributed by atoms with Crippen molar-refractivity contribution in [3.8, 4) is 11.5 Å². The molecule has 6 heteroatoms. The second-order valence-corrected chi connectivity index (χ2v) is 6.29. The van der Waals surface area contributed by atoms with Crippen LogP contribution in [0, 0.1) is 6.92 Å². The summed E-state index contributed by atoms with van der Waals surface area (Å²) in [5.74, 6) is 1.21. The van der Waals surface area contributed by atoms with E-state index in [2.05, 4.69) is 10.3 Å². The summed E-state index contributed by atoms with van der Waals surface area (Å²) in [5, 5.41) is 5.41. The molecular formula is C17H22N2O3S. The van der Waals surface area contributed by atoms with Crippen LogP contribution >= 0.6 is 11.3 Å². The molecule has 1 amide bonds. The molecule has 1 aromatic carbocycles. The maximum atomic E-state index is 12.0. The summed E-state index contributed by atoms with van der Waals surface area (Å²) < 4.78 is 11.1. The fourth-order valence-corrected chi connectivity index (χ4v) is 2.60. The Labute approximate surface area is 140 Å². The van der Waals surface area contributed by atoms with E-state index < -0.39 is 0 Å². The number of carbonyl (C=O) groups excluding carboxylic acids is 1. The standard InChI is InChI=1S/C17H22N2O3S/c1-5-12(3)18-17(20)13-10-23-16(19-13)9-22-14-7-6-11(2)8-15(14)21-4/h6-8,10,12H,5,9H2,1-4H3,(H,18,20)/t12-/m0/s1. The van der Waals surface area contributed by atoms with Gasteiger partial charge in [-0.15, -0.1) is 11.3 Å². The van der Waals surface area contributed by atoms with Gasteiger partial charge in [0.1, 0.15) is 17.3 Å². The highest BCUT2D eigenvalue weighted by atomic mass is 32.1. The van der Waals surface area contributed by atoms with Crippen LogP contribution < -0.4 is 14.8 Å². The fourth-order valence-electron chi connectivity index (χ4n) is 1.91. The van der Waals surface area contributed by atoms with Crippen LogP contribution in [-0.2, 0) is 6.61 Å². The third kappa shape index (κ3) is 4.69. The molecule has 23 heavy (non-hydrogen) atoms. The van der Waals surface area contributed by atoms with E-state index in [-0.39, 0.29) is 11.9 Å². The molecule has 0 fully saturated rings. The number of aromatic nitrogens is 1. The van der Waals surface area contributed by atoms with Gasteiger partial charge in [-0.2, -0.15) is 0 Å². The minimum Gasteiger partial charge on any atom is -0.493 e. The highest BCUT2D eigenvalue weighted by Gasteiger charge is 2.13. The lowest BCUT2D eigenvalue weighted by Gasteiger charge is -2.10. The molecule has 1 atom stereocenters. The van der Waals surface area contributed by atoms with Crippen LogP contribution in [0.3, 0.4) is 0 Å². The molecular weight excluding hydrogens is 312 g/mol. The van der Waals surface area contributed by atoms with E-state index in [1.165, 1.54) is 11.3 Å². The molecule has 2 rings (SSSR count). The summed E-state index contributed by atoms with van der Waals surface area (Å²) in [5.41, 5.74) is 1.54. The van der Waals surface area contributed by atoms with E-state index in [4.69, 9.17) is 9.47 Å². The first kappa shape index (κ1) is 17.3. The lowest BCUT2D eigenvalue weighted by Crippen LogP contribution is -2.32. The van der Waals surface area contributed by atoms with Gasteiger partial charge in [-0.05, 0) is 38.0 Å². The first-order chi connectivity index (χ1) is 11.0. The summed E-state index contributed by atoms with van der Waals surface area (Å²) in [6.07, 6.45) is 0.888. The Balaban J connectivity index is 1.98. The Morgan fingerprint density at radius 3 is 2.87 bits per heavy atom. The maximum Gasteiger partial charge on any atom is 0.270 e. The van der Waals surface area contributed by atoms with E-state index >= 15 is 0 Å². The van der Waals surface area contributed by atoms with Gasteiger partial charge in [0, 0.05) is 11.4 Å². The van der Waals surface area contributed by atoms with Crippen LogP contribution in [0.25, 0.3) is 0 Å². The predicted molar refractivity (Wildman–Crippen MR) is 91.4 cm³/mol. The van der Waals surface area contributed by atoms with E-state index in [1.54, 1.807) is 12.5 Å². The number of hydrogen-bond acceptors (Lipinski definition) is 5. The van der Waals surface area contributed by atoms with Crippen molar-refractivity contribution in [3.63, 3.8) is 0 Å². The zero-order valence-electron chi connectivity index (χ0n) is 13.9. The van der Waals surface area contributed by atoms with Crippen LogP contribution in [-0.4, -0.2) is 24.0 Å². The summed E-state index contributed by atoms with van der Waals surface area (Å²) in [6.45, 7) is 6.30. The fraction of sp³-hybridized carbons (Fsp3) is 0.412. The van der Waals surface area contributed by atoms with Gasteiger partial charge in [-0.25, -0.2) is 4.98 Å². The number of carbonyl (C=O) groups is 1. The van der Waals surface area contributed by atoms with Crippen molar-refractivity contribution >= 4 is 17.2 Å². The Kier molecular flexibility index (Phi) is 5.98. The van der Waals surface area contributed by atoms with E-state index in [0.29, 0.717) is 23.8 Å². The molecule has 1 heterocycles. The van der Waals surface area contributed by atoms with Gasteiger partial charge in [0.25, 0.3) is 5.91 Å². The van der Waals surface area contributed by atoms with Crippen LogP contribution in [0.2, 0.25) is 0 Å². The molecule has 0 unspecified atom stereocenters. The van der Waals surface area contributed by atoms with Crippen molar-refractivity contribution < 1.29 is 14.3 Å². The van der Waals surface area contributed by atoms with Crippen molar-refractivity contribution in [3.05, 3.63) is 39.8 Å². The van der Waals surface area contributed by atoms with Gasteiger partial charge < -0.3 is 14.8 Å². The molecule has 0 radical (unpaired) electrons. The van der Waals surface area contributed by atoms with Gasteiger partial charge in [0.05, 0.1) is 7.11 Å². The lowest BCUT2D eigenvalue weighted by molar-refractivity contribution is 0.0934. The van der Waals surface area contributed by atoms with Gasteiger partial charge in [-0.3, -0.25) is 4.79 Å². The number of hydrogen-bond donors (Lipinski definition) is 1. The second-order valence-electron chi connectivity index (χ2n) is 5.35. The summed E-state index contributed by atoms with van der Waals surface area (Å²) in [4.78, 5) is 16.3. The first-order valence-electron chi connectivity index (χ1n) is 7.56. The second kappa shape index (κ2) is 7.97. The molecule has 124 valence electrons. The quantitative estimate of drug-likeness (QED) is 0.841. The van der Waals surface area contributed by atoms with Crippen LogP contribution in [0.1, 0.15) is 41.3 Å². The molecule has 2 aromatic rings. The predicted octanol–water partition coefficient (Wildman–Crippen LogP) is 3.57. The molecule has 0 aliphatic rings.